The molecule has 0 bridgehead atoms. The Balaban J connectivity index is 1.96. The van der Waals surface area contributed by atoms with Crippen LogP contribution in [0.15, 0.2) is 28.8 Å². The summed E-state index contributed by atoms with van der Waals surface area (Å²) >= 11 is 5.93. The van der Waals surface area contributed by atoms with E-state index in [0.29, 0.717) is 10.8 Å². The van der Waals surface area contributed by atoms with Crippen molar-refractivity contribution in [3.8, 4) is 11.1 Å². The average molecular weight is 307 g/mol. The lowest BCUT2D eigenvalue weighted by Crippen LogP contribution is -1.91. The molecule has 0 amide bonds. The number of nitrogens with two attached hydrogens (primary N) is 1. The lowest BCUT2D eigenvalue weighted by Gasteiger charge is -2.03. The van der Waals surface area contributed by atoms with Gasteiger partial charge < -0.3 is 10.3 Å². The van der Waals surface area contributed by atoms with Gasteiger partial charge in [0.25, 0.3) is 0 Å². The smallest absolute Gasteiger partial charge is 0.175 e. The van der Waals surface area contributed by atoms with E-state index in [4.69, 9.17) is 21.9 Å². The van der Waals surface area contributed by atoms with E-state index in [9.17, 15) is 0 Å². The fourth-order valence-corrected chi connectivity index (χ4v) is 2.63. The van der Waals surface area contributed by atoms with Crippen LogP contribution >= 0.6 is 11.6 Å². The zero-order valence-electron chi connectivity index (χ0n) is 12.6. The third-order valence-corrected chi connectivity index (χ3v) is 3.93. The summed E-state index contributed by atoms with van der Waals surface area (Å²) in [6.45, 7) is 2.23. The summed E-state index contributed by atoms with van der Waals surface area (Å²) in [7, 11) is 0. The number of hydrogen-bond acceptors (Lipinski definition) is 3. The Morgan fingerprint density at radius 3 is 2.43 bits per heavy atom. The maximum atomic E-state index is 5.94. The molecule has 0 saturated heterocycles. The minimum Gasteiger partial charge on any atom is -0.380 e. The van der Waals surface area contributed by atoms with Crippen molar-refractivity contribution in [1.29, 1.82) is 0 Å². The van der Waals surface area contributed by atoms with E-state index in [1.54, 1.807) is 0 Å². The van der Waals surface area contributed by atoms with Gasteiger partial charge in [-0.25, -0.2) is 0 Å². The van der Waals surface area contributed by atoms with Crippen LogP contribution in [0.25, 0.3) is 11.1 Å². The van der Waals surface area contributed by atoms with Crippen molar-refractivity contribution in [2.75, 3.05) is 5.73 Å². The summed E-state index contributed by atoms with van der Waals surface area (Å²) < 4.78 is 5.40. The highest BCUT2D eigenvalue weighted by atomic mass is 35.5. The maximum Gasteiger partial charge on any atom is 0.175 e. The number of nitrogen functional groups attached to an aromatic ring is 1. The van der Waals surface area contributed by atoms with Crippen LogP contribution in [-0.4, -0.2) is 5.16 Å². The number of hydrogen-bond donors (Lipinski definition) is 1. The number of rotatable bonds is 8. The van der Waals surface area contributed by atoms with Gasteiger partial charge in [-0.3, -0.25) is 0 Å². The molecule has 2 rings (SSSR count). The molecule has 4 heteroatoms. The van der Waals surface area contributed by atoms with Crippen LogP contribution in [0.4, 0.5) is 5.82 Å². The summed E-state index contributed by atoms with van der Waals surface area (Å²) in [5.41, 5.74) is 7.87. The van der Waals surface area contributed by atoms with Crippen molar-refractivity contribution in [2.24, 2.45) is 0 Å². The molecule has 0 atom stereocenters. The molecule has 0 saturated carbocycles. The fraction of sp³-hybridized carbons (Fsp3) is 0.471. The molecule has 114 valence electrons. The molecular weight excluding hydrogens is 284 g/mol. The maximum absolute atomic E-state index is 5.94. The van der Waals surface area contributed by atoms with E-state index >= 15 is 0 Å². The first-order valence-corrected chi connectivity index (χ1v) is 8.10. The molecule has 1 heterocycles. The molecule has 21 heavy (non-hydrogen) atoms. The van der Waals surface area contributed by atoms with Crippen molar-refractivity contribution in [3.63, 3.8) is 0 Å². The van der Waals surface area contributed by atoms with Crippen LogP contribution in [0, 0.1) is 0 Å². The van der Waals surface area contributed by atoms with Gasteiger partial charge in [0, 0.05) is 11.4 Å². The van der Waals surface area contributed by atoms with E-state index in [0.717, 1.165) is 29.7 Å². The van der Waals surface area contributed by atoms with Crippen LogP contribution < -0.4 is 5.73 Å². The standard InChI is InChI=1S/C17H23ClN2O/c1-2-3-4-5-6-7-8-15-16(17(19)20-21-15)13-9-11-14(18)12-10-13/h9-12H,2-8H2,1H3,(H2,19,20). The Kier molecular flexibility index (Phi) is 6.12. The number of unbranched alkanes of at least 4 members (excludes halogenated alkanes) is 5. The Morgan fingerprint density at radius 1 is 1.05 bits per heavy atom. The number of aryl methyl sites for hydroxylation is 1. The first-order valence-electron chi connectivity index (χ1n) is 7.72. The van der Waals surface area contributed by atoms with Gasteiger partial charge >= 0.3 is 0 Å². The van der Waals surface area contributed by atoms with E-state index < -0.39 is 0 Å². The van der Waals surface area contributed by atoms with Gasteiger partial charge in [0.15, 0.2) is 5.82 Å². The Morgan fingerprint density at radius 2 is 1.71 bits per heavy atom. The van der Waals surface area contributed by atoms with Gasteiger partial charge in [0.2, 0.25) is 0 Å². The molecule has 0 unspecified atom stereocenters. The van der Waals surface area contributed by atoms with Crippen molar-refractivity contribution in [2.45, 2.75) is 51.9 Å². The minimum atomic E-state index is 0.457. The summed E-state index contributed by atoms with van der Waals surface area (Å²) in [5, 5.41) is 4.63. The second-order valence-corrected chi connectivity index (χ2v) is 5.83. The normalized spacial score (nSPS) is 11.0. The topological polar surface area (TPSA) is 52.0 Å². The first-order chi connectivity index (χ1) is 10.2. The molecule has 0 spiro atoms. The number of nitrogens with zero attached hydrogens (tertiary/aromatic N) is 1. The average Bonchev–Trinajstić information content (AvgIpc) is 2.85. The van der Waals surface area contributed by atoms with Crippen LogP contribution in [0.3, 0.4) is 0 Å². The highest BCUT2D eigenvalue weighted by molar-refractivity contribution is 6.30. The predicted molar refractivity (Wildman–Crippen MR) is 88.4 cm³/mol. The van der Waals surface area contributed by atoms with Gasteiger partial charge in [-0.15, -0.1) is 0 Å². The largest absolute Gasteiger partial charge is 0.380 e. The van der Waals surface area contributed by atoms with Crippen LogP contribution in [0.2, 0.25) is 5.02 Å². The molecular formula is C17H23ClN2O. The fourth-order valence-electron chi connectivity index (χ4n) is 2.50. The Hall–Kier alpha value is -1.48. The zero-order chi connectivity index (χ0) is 15.1. The summed E-state index contributed by atoms with van der Waals surface area (Å²) in [6.07, 6.45) is 8.42. The molecule has 0 aliphatic heterocycles. The van der Waals surface area contributed by atoms with E-state index in [1.807, 2.05) is 24.3 Å². The van der Waals surface area contributed by atoms with Crippen molar-refractivity contribution in [1.82, 2.24) is 5.16 Å². The first kappa shape index (κ1) is 15.9. The van der Waals surface area contributed by atoms with Gasteiger partial charge in [-0.2, -0.15) is 0 Å². The highest BCUT2D eigenvalue weighted by Gasteiger charge is 2.15. The monoisotopic (exact) mass is 306 g/mol. The number of anilines is 1. The summed E-state index contributed by atoms with van der Waals surface area (Å²) in [4.78, 5) is 0. The molecule has 0 fully saturated rings. The zero-order valence-corrected chi connectivity index (χ0v) is 13.3. The van der Waals surface area contributed by atoms with Crippen molar-refractivity contribution in [3.05, 3.63) is 35.0 Å². The second-order valence-electron chi connectivity index (χ2n) is 5.39. The number of benzene rings is 1. The van der Waals surface area contributed by atoms with Crippen molar-refractivity contribution >= 4 is 17.4 Å². The van der Waals surface area contributed by atoms with E-state index in [1.165, 1.54) is 32.1 Å². The Labute approximate surface area is 131 Å². The predicted octanol–water partition coefficient (Wildman–Crippen LogP) is 5.48. The third-order valence-electron chi connectivity index (χ3n) is 3.68. The molecule has 1 aromatic carbocycles. The van der Waals surface area contributed by atoms with Crippen molar-refractivity contribution < 1.29 is 4.52 Å². The summed E-state index contributed by atoms with van der Waals surface area (Å²) in [6, 6.07) is 7.63. The van der Waals surface area contributed by atoms with Crippen LogP contribution in [0.1, 0.15) is 51.2 Å². The second kappa shape index (κ2) is 8.08. The molecule has 0 aliphatic rings. The number of aromatic nitrogens is 1. The lowest BCUT2D eigenvalue weighted by atomic mass is 10.0. The highest BCUT2D eigenvalue weighted by Crippen LogP contribution is 2.31. The summed E-state index contributed by atoms with van der Waals surface area (Å²) in [5.74, 6) is 1.34. The number of halogens is 1. The van der Waals surface area contributed by atoms with E-state index in [-0.39, 0.29) is 0 Å². The van der Waals surface area contributed by atoms with Gasteiger partial charge in [0.05, 0.1) is 5.56 Å². The van der Waals surface area contributed by atoms with Gasteiger partial charge in [-0.05, 0) is 24.1 Å². The minimum absolute atomic E-state index is 0.457. The molecule has 0 radical (unpaired) electrons. The molecule has 0 aliphatic carbocycles. The molecule has 1 aromatic heterocycles. The van der Waals surface area contributed by atoms with Crippen LogP contribution in [-0.2, 0) is 6.42 Å². The van der Waals surface area contributed by atoms with Gasteiger partial charge in [-0.1, -0.05) is 67.9 Å². The molecule has 2 N–H and O–H groups in total. The molecule has 3 nitrogen and oxygen atoms in total. The van der Waals surface area contributed by atoms with E-state index in [2.05, 4.69) is 12.1 Å². The SMILES string of the molecule is CCCCCCCCc1onc(N)c1-c1ccc(Cl)cc1. The third kappa shape index (κ3) is 4.50. The van der Waals surface area contributed by atoms with Crippen LogP contribution in [0.5, 0.6) is 0 Å². The lowest BCUT2D eigenvalue weighted by molar-refractivity contribution is 0.381. The Bertz CT molecular complexity index is 548. The van der Waals surface area contributed by atoms with Gasteiger partial charge in [0.1, 0.15) is 5.76 Å². The molecule has 2 aromatic rings. The quantitative estimate of drug-likeness (QED) is 0.657.